The number of likely N-dealkylation sites (tertiary alicyclic amines) is 1. The standard InChI is InChI=1S/C31H42BrN3O4S/c1-7-14-33(20(5)6)30(39)27-31-17-23(32)26(40-31)24(25(31)29(38)35(27)22(18-36)16-19(3)4)28(37)34(15-8-2)21-12-10-9-11-13-21/h7-13,19-20,22-27,36H,1-2,14-18H2,3-6H3/t22-,23?,24-,25+,26-,27?,31?/m1/s1. The number of hydrogen-bond acceptors (Lipinski definition) is 5. The van der Waals surface area contributed by atoms with E-state index in [1.54, 1.807) is 38.6 Å². The summed E-state index contributed by atoms with van der Waals surface area (Å²) < 4.78 is -0.775. The fourth-order valence-electron chi connectivity index (χ4n) is 6.93. The van der Waals surface area contributed by atoms with Crippen LogP contribution in [0.1, 0.15) is 40.5 Å². The molecule has 4 rings (SSSR count). The number of anilines is 1. The van der Waals surface area contributed by atoms with Crippen molar-refractivity contribution in [2.75, 3.05) is 24.6 Å². The number of fused-ring (bicyclic) bond motifs is 1. The normalized spacial score (nSPS) is 29.6. The molecule has 7 atom stereocenters. The number of aliphatic hydroxyl groups excluding tert-OH is 1. The average Bonchev–Trinajstić information content (AvgIpc) is 3.51. The first-order valence-corrected chi connectivity index (χ1v) is 16.0. The first kappa shape index (κ1) is 30.8. The minimum atomic E-state index is -0.777. The van der Waals surface area contributed by atoms with Gasteiger partial charge in [-0.3, -0.25) is 14.4 Å². The first-order chi connectivity index (χ1) is 19.0. The maximum Gasteiger partial charge on any atom is 0.247 e. The number of para-hydroxylation sites is 1. The minimum Gasteiger partial charge on any atom is -0.394 e. The predicted molar refractivity (Wildman–Crippen MR) is 165 cm³/mol. The second kappa shape index (κ2) is 12.4. The molecule has 3 saturated heterocycles. The summed E-state index contributed by atoms with van der Waals surface area (Å²) in [4.78, 5) is 48.6. The number of rotatable bonds is 12. The van der Waals surface area contributed by atoms with Crippen molar-refractivity contribution < 1.29 is 19.5 Å². The van der Waals surface area contributed by atoms with Crippen molar-refractivity contribution in [1.29, 1.82) is 0 Å². The minimum absolute atomic E-state index is 0.0308. The van der Waals surface area contributed by atoms with Crippen LogP contribution in [-0.2, 0) is 14.4 Å². The van der Waals surface area contributed by atoms with Crippen LogP contribution in [0.5, 0.6) is 0 Å². The topological polar surface area (TPSA) is 81.2 Å². The second-order valence-electron chi connectivity index (χ2n) is 11.8. The predicted octanol–water partition coefficient (Wildman–Crippen LogP) is 4.50. The first-order valence-electron chi connectivity index (χ1n) is 14.2. The van der Waals surface area contributed by atoms with Gasteiger partial charge < -0.3 is 19.8 Å². The van der Waals surface area contributed by atoms with Crippen molar-refractivity contribution in [3.8, 4) is 0 Å². The molecule has 2 bridgehead atoms. The molecule has 9 heteroatoms. The highest BCUT2D eigenvalue weighted by molar-refractivity contribution is 9.09. The van der Waals surface area contributed by atoms with Gasteiger partial charge in [-0.1, -0.05) is 60.1 Å². The molecule has 218 valence electrons. The molecular formula is C31H42BrN3O4S. The van der Waals surface area contributed by atoms with Gasteiger partial charge in [-0.15, -0.1) is 24.9 Å². The molecule has 3 amide bonds. The van der Waals surface area contributed by atoms with E-state index < -0.39 is 28.7 Å². The molecule has 1 spiro atoms. The number of benzene rings is 1. The lowest BCUT2D eigenvalue weighted by Gasteiger charge is -2.41. The maximum absolute atomic E-state index is 14.6. The van der Waals surface area contributed by atoms with E-state index in [0.717, 1.165) is 5.69 Å². The molecule has 3 aliphatic heterocycles. The Kier molecular flexibility index (Phi) is 9.57. The van der Waals surface area contributed by atoms with Crippen LogP contribution < -0.4 is 4.90 Å². The number of alkyl halides is 1. The zero-order chi connectivity index (χ0) is 29.4. The SMILES string of the molecule is C=CCN(C(=O)[C@H]1[C@@H]2SC3(CC2Br)C(C(=O)N(CC=C)C(C)C)N([C@@H](CO)CC(C)C)C(=O)[C@H]13)c1ccccc1. The van der Waals surface area contributed by atoms with E-state index in [1.165, 1.54) is 0 Å². The van der Waals surface area contributed by atoms with Crippen molar-refractivity contribution >= 4 is 51.1 Å². The summed E-state index contributed by atoms with van der Waals surface area (Å²) in [5, 5.41) is 10.4. The molecule has 3 aliphatic rings. The molecule has 40 heavy (non-hydrogen) atoms. The number of thioether (sulfide) groups is 1. The fraction of sp³-hybridized carbons (Fsp3) is 0.581. The van der Waals surface area contributed by atoms with Crippen LogP contribution in [0.2, 0.25) is 0 Å². The Labute approximate surface area is 251 Å². The number of nitrogens with zero attached hydrogens (tertiary/aromatic N) is 3. The zero-order valence-corrected chi connectivity index (χ0v) is 26.3. The fourth-order valence-corrected chi connectivity index (χ4v) is 10.5. The number of carbonyl (C=O) groups is 3. The lowest BCUT2D eigenvalue weighted by atomic mass is 9.70. The zero-order valence-electron chi connectivity index (χ0n) is 23.9. The summed E-state index contributed by atoms with van der Waals surface area (Å²) in [5.41, 5.74) is 0.750. The molecular weight excluding hydrogens is 590 g/mol. The van der Waals surface area contributed by atoms with Crippen molar-refractivity contribution in [1.82, 2.24) is 9.80 Å². The third kappa shape index (κ3) is 5.18. The Balaban J connectivity index is 1.84. The lowest BCUT2D eigenvalue weighted by Crippen LogP contribution is -2.59. The molecule has 3 fully saturated rings. The van der Waals surface area contributed by atoms with E-state index in [4.69, 9.17) is 0 Å². The van der Waals surface area contributed by atoms with Crippen LogP contribution in [0.25, 0.3) is 0 Å². The van der Waals surface area contributed by atoms with Crippen molar-refractivity contribution in [3.05, 3.63) is 55.6 Å². The van der Waals surface area contributed by atoms with Gasteiger partial charge in [0.1, 0.15) is 6.04 Å². The average molecular weight is 633 g/mol. The molecule has 0 aromatic heterocycles. The molecule has 0 radical (unpaired) electrons. The van der Waals surface area contributed by atoms with Gasteiger partial charge >= 0.3 is 0 Å². The Morgan fingerprint density at radius 2 is 1.80 bits per heavy atom. The summed E-state index contributed by atoms with van der Waals surface area (Å²) in [7, 11) is 0. The van der Waals surface area contributed by atoms with Crippen LogP contribution in [-0.4, -0.2) is 85.3 Å². The van der Waals surface area contributed by atoms with Gasteiger partial charge in [0.05, 0.1) is 29.2 Å². The number of amides is 3. The van der Waals surface area contributed by atoms with Crippen LogP contribution in [0, 0.1) is 17.8 Å². The van der Waals surface area contributed by atoms with Gasteiger partial charge in [-0.25, -0.2) is 0 Å². The van der Waals surface area contributed by atoms with Crippen molar-refractivity contribution in [2.45, 2.75) is 73.5 Å². The maximum atomic E-state index is 14.6. The van der Waals surface area contributed by atoms with Gasteiger partial charge in [0.25, 0.3) is 0 Å². The highest BCUT2D eigenvalue weighted by Gasteiger charge is 2.76. The molecule has 1 aromatic rings. The van der Waals surface area contributed by atoms with E-state index in [0.29, 0.717) is 25.9 Å². The van der Waals surface area contributed by atoms with Crippen molar-refractivity contribution in [3.63, 3.8) is 0 Å². The van der Waals surface area contributed by atoms with Crippen LogP contribution in [0.3, 0.4) is 0 Å². The number of hydrogen-bond donors (Lipinski definition) is 1. The summed E-state index contributed by atoms with van der Waals surface area (Å²) in [6.45, 7) is 16.2. The second-order valence-corrected chi connectivity index (χ2v) is 14.5. The van der Waals surface area contributed by atoms with Crippen LogP contribution >= 0.6 is 27.7 Å². The molecule has 3 unspecified atom stereocenters. The van der Waals surface area contributed by atoms with Crippen LogP contribution in [0.4, 0.5) is 5.69 Å². The summed E-state index contributed by atoms with van der Waals surface area (Å²) in [6, 6.07) is 8.06. The summed E-state index contributed by atoms with van der Waals surface area (Å²) in [6.07, 6.45) is 4.57. The molecule has 7 nitrogen and oxygen atoms in total. The summed E-state index contributed by atoms with van der Waals surface area (Å²) in [5.74, 6) is -1.52. The monoisotopic (exact) mass is 631 g/mol. The largest absolute Gasteiger partial charge is 0.394 e. The van der Waals surface area contributed by atoms with E-state index in [-0.39, 0.29) is 46.4 Å². The van der Waals surface area contributed by atoms with Crippen LogP contribution in [0.15, 0.2) is 55.6 Å². The molecule has 1 N–H and O–H groups in total. The molecule has 0 saturated carbocycles. The van der Waals surface area contributed by atoms with E-state index in [1.807, 2.05) is 58.0 Å². The summed E-state index contributed by atoms with van der Waals surface area (Å²) >= 11 is 5.48. The molecule has 1 aromatic carbocycles. The lowest BCUT2D eigenvalue weighted by molar-refractivity contribution is -0.146. The quantitative estimate of drug-likeness (QED) is 0.271. The molecule has 0 aliphatic carbocycles. The van der Waals surface area contributed by atoms with E-state index in [9.17, 15) is 19.5 Å². The Bertz CT molecular complexity index is 1130. The Morgan fingerprint density at radius 1 is 1.15 bits per heavy atom. The Hall–Kier alpha value is -2.10. The smallest absolute Gasteiger partial charge is 0.247 e. The van der Waals surface area contributed by atoms with E-state index in [2.05, 4.69) is 29.1 Å². The van der Waals surface area contributed by atoms with Gasteiger partial charge in [-0.05, 0) is 44.7 Å². The Morgan fingerprint density at radius 3 is 2.35 bits per heavy atom. The third-order valence-corrected chi connectivity index (χ3v) is 11.7. The van der Waals surface area contributed by atoms with E-state index >= 15 is 0 Å². The number of halogens is 1. The molecule has 3 heterocycles. The third-order valence-electron chi connectivity index (χ3n) is 8.47. The van der Waals surface area contributed by atoms with Gasteiger partial charge in [0.15, 0.2) is 0 Å². The van der Waals surface area contributed by atoms with Crippen molar-refractivity contribution in [2.24, 2.45) is 17.8 Å². The van der Waals surface area contributed by atoms with Gasteiger partial charge in [0, 0.05) is 34.9 Å². The van der Waals surface area contributed by atoms with Gasteiger partial charge in [-0.2, -0.15) is 0 Å². The number of aliphatic hydroxyl groups is 1. The highest BCUT2D eigenvalue weighted by Crippen LogP contribution is 2.68. The number of carbonyl (C=O) groups excluding carboxylic acids is 3. The van der Waals surface area contributed by atoms with Gasteiger partial charge in [0.2, 0.25) is 17.7 Å². The highest BCUT2D eigenvalue weighted by atomic mass is 79.9.